The van der Waals surface area contributed by atoms with E-state index in [9.17, 15) is 0 Å². The van der Waals surface area contributed by atoms with Gasteiger partial charge in [0.25, 0.3) is 0 Å². The van der Waals surface area contributed by atoms with Crippen LogP contribution in [0, 0.1) is 4.77 Å². The number of halogens is 3. The third-order valence-electron chi connectivity index (χ3n) is 2.57. The van der Waals surface area contributed by atoms with Crippen molar-refractivity contribution in [3.8, 4) is 0 Å². The summed E-state index contributed by atoms with van der Waals surface area (Å²) in [5.74, 6) is 0.894. The summed E-state index contributed by atoms with van der Waals surface area (Å²) in [6.45, 7) is 3.99. The summed E-state index contributed by atoms with van der Waals surface area (Å²) >= 11 is 23.3. The summed E-state index contributed by atoms with van der Waals surface area (Å²) in [5.41, 5.74) is 0.540. The summed E-state index contributed by atoms with van der Waals surface area (Å²) in [4.78, 5) is 0. The number of aromatic amines is 1. The zero-order valence-corrected chi connectivity index (χ0v) is 13.8. The van der Waals surface area contributed by atoms with Crippen LogP contribution in [-0.4, -0.2) is 21.1 Å². The molecule has 2 rings (SSSR count). The summed E-state index contributed by atoms with van der Waals surface area (Å²) in [7, 11) is 0. The minimum absolute atomic E-state index is 0.172. The average Bonchev–Trinajstić information content (AvgIpc) is 2.76. The lowest BCUT2D eigenvalue weighted by atomic mass is 10.2. The van der Waals surface area contributed by atoms with Crippen LogP contribution >= 0.6 is 47.0 Å². The first-order chi connectivity index (χ1) is 9.41. The topological polar surface area (TPSA) is 46.0 Å². The highest BCUT2D eigenvalue weighted by atomic mass is 35.5. The molecule has 1 aromatic carbocycles. The Morgan fingerprint density at radius 1 is 1.30 bits per heavy atom. The van der Waals surface area contributed by atoms with E-state index in [4.69, 9.17) is 47.0 Å². The fourth-order valence-electron chi connectivity index (χ4n) is 1.57. The number of nitrogens with one attached hydrogen (secondary N) is 1. The van der Waals surface area contributed by atoms with E-state index in [0.29, 0.717) is 25.4 Å². The Morgan fingerprint density at radius 3 is 2.60 bits per heavy atom. The average molecular weight is 350 g/mol. The predicted octanol–water partition coefficient (Wildman–Crippen LogP) is 4.91. The normalized spacial score (nSPS) is 11.7. The van der Waals surface area contributed by atoms with Gasteiger partial charge in [-0.05, 0) is 24.4 Å². The molecule has 0 radical (unpaired) electrons. The molecule has 0 bridgehead atoms. The van der Waals surface area contributed by atoms with Crippen molar-refractivity contribution in [2.45, 2.75) is 19.8 Å². The van der Waals surface area contributed by atoms with Crippen molar-refractivity contribution in [2.24, 2.45) is 5.10 Å². The molecule has 0 aliphatic heterocycles. The van der Waals surface area contributed by atoms with Gasteiger partial charge in [-0.2, -0.15) is 14.9 Å². The molecule has 1 N–H and O–H groups in total. The Morgan fingerprint density at radius 2 is 1.95 bits per heavy atom. The molecule has 0 amide bonds. The quantitative estimate of drug-likeness (QED) is 0.486. The lowest BCUT2D eigenvalue weighted by Crippen LogP contribution is -2.01. The van der Waals surface area contributed by atoms with Gasteiger partial charge in [0.1, 0.15) is 0 Å². The fraction of sp³-hybridized carbons (Fsp3) is 0.250. The Hall–Kier alpha value is -0.880. The number of nitrogens with zero attached hydrogens (tertiary/aromatic N) is 3. The Kier molecular flexibility index (Phi) is 4.86. The molecule has 8 heteroatoms. The molecule has 0 unspecified atom stereocenters. The minimum Gasteiger partial charge on any atom is -0.250 e. The van der Waals surface area contributed by atoms with Gasteiger partial charge >= 0.3 is 0 Å². The SMILES string of the molecule is CC(C)c1n[nH]c(=S)n1N=Cc1c(Cl)ccc(Cl)c1Cl. The molecule has 1 aromatic heterocycles. The van der Waals surface area contributed by atoms with Crippen LogP contribution in [0.3, 0.4) is 0 Å². The van der Waals surface area contributed by atoms with E-state index in [1.54, 1.807) is 12.1 Å². The van der Waals surface area contributed by atoms with Gasteiger partial charge in [-0.15, -0.1) is 0 Å². The minimum atomic E-state index is 0.172. The molecular weight excluding hydrogens is 339 g/mol. The van der Waals surface area contributed by atoms with Gasteiger partial charge < -0.3 is 0 Å². The van der Waals surface area contributed by atoms with E-state index in [0.717, 1.165) is 5.82 Å². The Labute approximate surface area is 136 Å². The lowest BCUT2D eigenvalue weighted by molar-refractivity contribution is 0.695. The van der Waals surface area contributed by atoms with Crippen molar-refractivity contribution in [2.75, 3.05) is 0 Å². The number of hydrogen-bond donors (Lipinski definition) is 1. The second kappa shape index (κ2) is 6.26. The first kappa shape index (κ1) is 15.5. The number of aromatic nitrogens is 3. The van der Waals surface area contributed by atoms with Crippen molar-refractivity contribution in [3.63, 3.8) is 0 Å². The van der Waals surface area contributed by atoms with Gasteiger partial charge in [-0.1, -0.05) is 48.7 Å². The van der Waals surface area contributed by atoms with Crippen molar-refractivity contribution in [1.29, 1.82) is 0 Å². The van der Waals surface area contributed by atoms with E-state index in [1.807, 2.05) is 13.8 Å². The monoisotopic (exact) mass is 348 g/mol. The molecule has 1 heterocycles. The van der Waals surface area contributed by atoms with Gasteiger partial charge in [0.2, 0.25) is 4.77 Å². The summed E-state index contributed by atoms with van der Waals surface area (Å²) in [6.07, 6.45) is 1.52. The fourth-order valence-corrected chi connectivity index (χ4v) is 2.39. The van der Waals surface area contributed by atoms with E-state index in [1.165, 1.54) is 10.9 Å². The predicted molar refractivity (Wildman–Crippen MR) is 86.0 cm³/mol. The first-order valence-electron chi connectivity index (χ1n) is 5.77. The standard InChI is InChI=1S/C12H11Cl3N4S/c1-6(2)11-17-18-12(20)19(11)16-5-7-8(13)3-4-9(14)10(7)15/h3-6H,1-2H3,(H,18,20). The van der Waals surface area contributed by atoms with Crippen LogP contribution in [0.25, 0.3) is 0 Å². The number of benzene rings is 1. The summed E-state index contributed by atoms with van der Waals surface area (Å²) < 4.78 is 1.94. The number of hydrogen-bond acceptors (Lipinski definition) is 3. The zero-order valence-electron chi connectivity index (χ0n) is 10.7. The van der Waals surface area contributed by atoms with Crippen LogP contribution in [0.4, 0.5) is 0 Å². The van der Waals surface area contributed by atoms with E-state index < -0.39 is 0 Å². The number of rotatable bonds is 3. The maximum atomic E-state index is 6.11. The van der Waals surface area contributed by atoms with Crippen LogP contribution in [0.15, 0.2) is 17.2 Å². The molecule has 20 heavy (non-hydrogen) atoms. The Balaban J connectivity index is 2.48. The molecule has 0 saturated heterocycles. The molecule has 0 aliphatic rings. The second-order valence-electron chi connectivity index (χ2n) is 4.35. The van der Waals surface area contributed by atoms with Gasteiger partial charge in [0.05, 0.1) is 21.3 Å². The van der Waals surface area contributed by atoms with Crippen molar-refractivity contribution in [1.82, 2.24) is 14.9 Å². The molecule has 0 spiro atoms. The van der Waals surface area contributed by atoms with Crippen LogP contribution in [0.1, 0.15) is 31.2 Å². The first-order valence-corrected chi connectivity index (χ1v) is 7.31. The molecule has 0 fully saturated rings. The maximum Gasteiger partial charge on any atom is 0.216 e. The van der Waals surface area contributed by atoms with E-state index in [-0.39, 0.29) is 5.92 Å². The molecular formula is C12H11Cl3N4S. The third-order valence-corrected chi connectivity index (χ3v) is 3.99. The highest BCUT2D eigenvalue weighted by Crippen LogP contribution is 2.30. The zero-order chi connectivity index (χ0) is 14.9. The van der Waals surface area contributed by atoms with Crippen LogP contribution in [0.2, 0.25) is 15.1 Å². The highest BCUT2D eigenvalue weighted by molar-refractivity contribution is 7.71. The largest absolute Gasteiger partial charge is 0.250 e. The highest BCUT2D eigenvalue weighted by Gasteiger charge is 2.11. The van der Waals surface area contributed by atoms with Gasteiger partial charge in [-0.3, -0.25) is 5.10 Å². The lowest BCUT2D eigenvalue weighted by Gasteiger charge is -2.05. The third kappa shape index (κ3) is 3.06. The van der Waals surface area contributed by atoms with Crippen LogP contribution in [0.5, 0.6) is 0 Å². The smallest absolute Gasteiger partial charge is 0.216 e. The second-order valence-corrected chi connectivity index (χ2v) is 5.93. The van der Waals surface area contributed by atoms with Gasteiger partial charge in [0.15, 0.2) is 5.82 Å². The van der Waals surface area contributed by atoms with Crippen LogP contribution < -0.4 is 0 Å². The maximum absolute atomic E-state index is 6.11. The molecule has 0 atom stereocenters. The summed E-state index contributed by atoms with van der Waals surface area (Å²) in [6, 6.07) is 3.29. The van der Waals surface area contributed by atoms with Crippen molar-refractivity contribution < 1.29 is 0 Å². The number of H-pyrrole nitrogens is 1. The van der Waals surface area contributed by atoms with Crippen molar-refractivity contribution in [3.05, 3.63) is 43.4 Å². The van der Waals surface area contributed by atoms with Crippen molar-refractivity contribution >= 4 is 53.2 Å². The molecule has 4 nitrogen and oxygen atoms in total. The molecule has 106 valence electrons. The summed E-state index contributed by atoms with van der Waals surface area (Å²) in [5, 5.41) is 12.3. The van der Waals surface area contributed by atoms with E-state index in [2.05, 4.69) is 15.3 Å². The van der Waals surface area contributed by atoms with Gasteiger partial charge in [-0.25, -0.2) is 0 Å². The molecule has 0 saturated carbocycles. The van der Waals surface area contributed by atoms with Crippen LogP contribution in [-0.2, 0) is 0 Å². The van der Waals surface area contributed by atoms with E-state index >= 15 is 0 Å². The Bertz CT molecular complexity index is 718. The molecule has 2 aromatic rings. The molecule has 0 aliphatic carbocycles. The van der Waals surface area contributed by atoms with Gasteiger partial charge in [0, 0.05) is 11.5 Å².